The number of aryl methyl sites for hydroxylation is 1. The summed E-state index contributed by atoms with van der Waals surface area (Å²) in [5.74, 6) is 0. The van der Waals surface area contributed by atoms with Crippen LogP contribution in [0.1, 0.15) is 37.9 Å². The maximum Gasteiger partial charge on any atom is 0.322 e. The Hall–Kier alpha value is -1.51. The van der Waals surface area contributed by atoms with E-state index in [1.807, 2.05) is 25.7 Å². The van der Waals surface area contributed by atoms with Gasteiger partial charge in [0.15, 0.2) is 0 Å². The molecule has 1 aromatic rings. The van der Waals surface area contributed by atoms with E-state index in [1.165, 1.54) is 11.1 Å². The quantitative estimate of drug-likeness (QED) is 0.772. The first-order valence-electron chi connectivity index (χ1n) is 5.71. The maximum absolute atomic E-state index is 11.9. The highest BCUT2D eigenvalue weighted by Gasteiger charge is 2.29. The molecule has 1 aliphatic rings. The van der Waals surface area contributed by atoms with E-state index in [0.717, 1.165) is 5.69 Å². The molecule has 0 fully saturated rings. The molecule has 3 heteroatoms. The minimum atomic E-state index is 0.000556. The molecular formula is C13H18N2O. The maximum atomic E-state index is 11.9. The van der Waals surface area contributed by atoms with Gasteiger partial charge >= 0.3 is 6.03 Å². The average Bonchev–Trinajstić information content (AvgIpc) is 2.15. The number of amides is 2. The Labute approximate surface area is 96.5 Å². The third kappa shape index (κ3) is 1.66. The van der Waals surface area contributed by atoms with E-state index in [-0.39, 0.29) is 18.1 Å². The monoisotopic (exact) mass is 218 g/mol. The SMILES string of the molecule is Cc1ccc2c(c1)N(C(C)C)C(=O)NC2C. The number of urea groups is 1. The zero-order chi connectivity index (χ0) is 11.9. The van der Waals surface area contributed by atoms with E-state index in [4.69, 9.17) is 0 Å². The molecular weight excluding hydrogens is 200 g/mol. The van der Waals surface area contributed by atoms with Crippen LogP contribution in [0, 0.1) is 6.92 Å². The summed E-state index contributed by atoms with van der Waals surface area (Å²) in [6, 6.07) is 6.55. The largest absolute Gasteiger partial charge is 0.331 e. The number of carbonyl (C=O) groups excluding carboxylic acids is 1. The lowest BCUT2D eigenvalue weighted by Gasteiger charge is -2.36. The number of rotatable bonds is 1. The molecule has 1 N–H and O–H groups in total. The molecule has 86 valence electrons. The van der Waals surface area contributed by atoms with Gasteiger partial charge in [0.25, 0.3) is 0 Å². The third-order valence-corrected chi connectivity index (χ3v) is 2.99. The predicted octanol–water partition coefficient (Wildman–Crippen LogP) is 2.99. The normalized spacial score (nSPS) is 19.7. The molecule has 1 unspecified atom stereocenters. The van der Waals surface area contributed by atoms with Crippen LogP contribution in [0.25, 0.3) is 0 Å². The van der Waals surface area contributed by atoms with Crippen molar-refractivity contribution in [2.45, 2.75) is 39.8 Å². The second kappa shape index (κ2) is 3.81. The molecule has 0 aliphatic carbocycles. The number of nitrogens with one attached hydrogen (secondary N) is 1. The van der Waals surface area contributed by atoms with Crippen molar-refractivity contribution in [3.63, 3.8) is 0 Å². The van der Waals surface area contributed by atoms with Gasteiger partial charge in [-0.25, -0.2) is 4.79 Å². The zero-order valence-electron chi connectivity index (χ0n) is 10.2. The lowest BCUT2D eigenvalue weighted by Crippen LogP contribution is -2.49. The van der Waals surface area contributed by atoms with Crippen molar-refractivity contribution in [2.75, 3.05) is 4.90 Å². The summed E-state index contributed by atoms with van der Waals surface area (Å²) in [5.41, 5.74) is 3.43. The number of fused-ring (bicyclic) bond motifs is 1. The average molecular weight is 218 g/mol. The molecule has 1 atom stereocenters. The molecule has 16 heavy (non-hydrogen) atoms. The van der Waals surface area contributed by atoms with E-state index in [0.29, 0.717) is 0 Å². The summed E-state index contributed by atoms with van der Waals surface area (Å²) < 4.78 is 0. The first-order chi connectivity index (χ1) is 7.50. The molecule has 3 nitrogen and oxygen atoms in total. The molecule has 2 rings (SSSR count). The molecule has 0 bridgehead atoms. The van der Waals surface area contributed by atoms with Crippen LogP contribution in [-0.2, 0) is 0 Å². The van der Waals surface area contributed by atoms with Crippen LogP contribution in [-0.4, -0.2) is 12.1 Å². The highest BCUT2D eigenvalue weighted by Crippen LogP contribution is 2.32. The molecule has 0 aromatic heterocycles. The third-order valence-electron chi connectivity index (χ3n) is 2.99. The molecule has 0 saturated heterocycles. The lowest BCUT2D eigenvalue weighted by atomic mass is 10.00. The first-order valence-corrected chi connectivity index (χ1v) is 5.71. The van der Waals surface area contributed by atoms with Crippen molar-refractivity contribution < 1.29 is 4.79 Å². The Morgan fingerprint density at radius 2 is 2.06 bits per heavy atom. The van der Waals surface area contributed by atoms with Gasteiger partial charge in [0.2, 0.25) is 0 Å². The standard InChI is InChI=1S/C13H18N2O/c1-8(2)15-12-7-9(3)5-6-11(12)10(4)14-13(15)16/h5-8,10H,1-4H3,(H,14,16). The fraction of sp³-hybridized carbons (Fsp3) is 0.462. The van der Waals surface area contributed by atoms with Crippen LogP contribution >= 0.6 is 0 Å². The Morgan fingerprint density at radius 1 is 1.38 bits per heavy atom. The van der Waals surface area contributed by atoms with Crippen molar-refractivity contribution in [3.8, 4) is 0 Å². The summed E-state index contributed by atoms with van der Waals surface area (Å²) in [6.07, 6.45) is 0. The second-order valence-corrected chi connectivity index (χ2v) is 4.70. The van der Waals surface area contributed by atoms with Crippen molar-refractivity contribution in [1.82, 2.24) is 5.32 Å². The van der Waals surface area contributed by atoms with E-state index in [9.17, 15) is 4.79 Å². The predicted molar refractivity (Wildman–Crippen MR) is 65.7 cm³/mol. The van der Waals surface area contributed by atoms with Gasteiger partial charge in [0.05, 0.1) is 11.7 Å². The smallest absolute Gasteiger partial charge is 0.322 e. The minimum absolute atomic E-state index is 0.000556. The van der Waals surface area contributed by atoms with Gasteiger partial charge in [0, 0.05) is 6.04 Å². The van der Waals surface area contributed by atoms with E-state index in [2.05, 4.69) is 30.4 Å². The van der Waals surface area contributed by atoms with E-state index >= 15 is 0 Å². The molecule has 1 aliphatic heterocycles. The molecule has 0 spiro atoms. The molecule has 1 aromatic carbocycles. The molecule has 2 amide bonds. The van der Waals surface area contributed by atoms with Crippen LogP contribution in [0.5, 0.6) is 0 Å². The van der Waals surface area contributed by atoms with Crippen LogP contribution in [0.15, 0.2) is 18.2 Å². The number of carbonyl (C=O) groups is 1. The van der Waals surface area contributed by atoms with Crippen molar-refractivity contribution in [3.05, 3.63) is 29.3 Å². The van der Waals surface area contributed by atoms with Gasteiger partial charge < -0.3 is 5.32 Å². The van der Waals surface area contributed by atoms with Crippen molar-refractivity contribution in [2.24, 2.45) is 0 Å². The second-order valence-electron chi connectivity index (χ2n) is 4.70. The summed E-state index contributed by atoms with van der Waals surface area (Å²) in [7, 11) is 0. The van der Waals surface area contributed by atoms with Crippen LogP contribution in [0.4, 0.5) is 10.5 Å². The number of hydrogen-bond acceptors (Lipinski definition) is 1. The fourth-order valence-corrected chi connectivity index (χ4v) is 2.18. The highest BCUT2D eigenvalue weighted by atomic mass is 16.2. The zero-order valence-corrected chi connectivity index (χ0v) is 10.2. The van der Waals surface area contributed by atoms with E-state index in [1.54, 1.807) is 0 Å². The molecule has 0 saturated carbocycles. The summed E-state index contributed by atoms with van der Waals surface area (Å²) in [4.78, 5) is 13.8. The van der Waals surface area contributed by atoms with Gasteiger partial charge in [-0.2, -0.15) is 0 Å². The van der Waals surface area contributed by atoms with Gasteiger partial charge in [0.1, 0.15) is 0 Å². The minimum Gasteiger partial charge on any atom is -0.331 e. The fourth-order valence-electron chi connectivity index (χ4n) is 2.18. The first kappa shape index (κ1) is 11.0. The van der Waals surface area contributed by atoms with Crippen LogP contribution in [0.3, 0.4) is 0 Å². The number of benzene rings is 1. The Bertz CT molecular complexity index is 426. The Morgan fingerprint density at radius 3 is 2.69 bits per heavy atom. The summed E-state index contributed by atoms with van der Waals surface area (Å²) in [6.45, 7) is 8.13. The topological polar surface area (TPSA) is 32.3 Å². The number of hydrogen-bond donors (Lipinski definition) is 1. The van der Waals surface area contributed by atoms with Gasteiger partial charge in [-0.3, -0.25) is 4.90 Å². The van der Waals surface area contributed by atoms with Gasteiger partial charge in [-0.05, 0) is 44.9 Å². The summed E-state index contributed by atoms with van der Waals surface area (Å²) in [5, 5.41) is 2.97. The van der Waals surface area contributed by atoms with Gasteiger partial charge in [-0.1, -0.05) is 12.1 Å². The van der Waals surface area contributed by atoms with Crippen molar-refractivity contribution in [1.29, 1.82) is 0 Å². The molecule has 0 radical (unpaired) electrons. The van der Waals surface area contributed by atoms with Crippen LogP contribution in [0.2, 0.25) is 0 Å². The van der Waals surface area contributed by atoms with E-state index < -0.39 is 0 Å². The van der Waals surface area contributed by atoms with Gasteiger partial charge in [-0.15, -0.1) is 0 Å². The lowest BCUT2D eigenvalue weighted by molar-refractivity contribution is 0.240. The molecule has 1 heterocycles. The highest BCUT2D eigenvalue weighted by molar-refractivity contribution is 5.96. The summed E-state index contributed by atoms with van der Waals surface area (Å²) >= 11 is 0. The number of nitrogens with zero attached hydrogens (tertiary/aromatic N) is 1. The van der Waals surface area contributed by atoms with Crippen LogP contribution < -0.4 is 10.2 Å². The van der Waals surface area contributed by atoms with Crippen molar-refractivity contribution >= 4 is 11.7 Å². The Balaban J connectivity index is 2.56. The Kier molecular flexibility index (Phi) is 2.62. The number of anilines is 1.